The molecule has 11 aromatic rings. The molecule has 12 rings (SSSR count). The molecule has 0 aliphatic heterocycles. The summed E-state index contributed by atoms with van der Waals surface area (Å²) in [6.07, 6.45) is 0. The van der Waals surface area contributed by atoms with Crippen molar-refractivity contribution >= 4 is 71.6 Å². The first-order valence-corrected chi connectivity index (χ1v) is 20.1. The Labute approximate surface area is 336 Å². The molecule has 3 nitrogen and oxygen atoms in total. The van der Waals surface area contributed by atoms with Gasteiger partial charge in [0.25, 0.3) is 0 Å². The van der Waals surface area contributed by atoms with Crippen LogP contribution in [-0.2, 0) is 5.41 Å². The van der Waals surface area contributed by atoms with Crippen LogP contribution in [0.4, 0.5) is 17.1 Å². The van der Waals surface area contributed by atoms with Gasteiger partial charge in [-0.15, -0.1) is 0 Å². The van der Waals surface area contributed by atoms with Crippen LogP contribution in [0, 0.1) is 0 Å². The summed E-state index contributed by atoms with van der Waals surface area (Å²) >= 11 is 0. The van der Waals surface area contributed by atoms with E-state index in [2.05, 4.69) is 205 Å². The predicted octanol–water partition coefficient (Wildman–Crippen LogP) is 15.3. The minimum atomic E-state index is -0.122. The summed E-state index contributed by atoms with van der Waals surface area (Å²) in [5, 5.41) is 7.20. The minimum Gasteiger partial charge on any atom is -0.456 e. The highest BCUT2D eigenvalue weighted by Gasteiger charge is 2.35. The first kappa shape index (κ1) is 32.8. The number of aromatic nitrogens is 1. The number of fused-ring (bicyclic) bond motifs is 10. The first-order valence-electron chi connectivity index (χ1n) is 20.1. The van der Waals surface area contributed by atoms with Crippen molar-refractivity contribution in [1.29, 1.82) is 0 Å². The average molecular weight is 743 g/mol. The molecule has 0 spiro atoms. The molecule has 0 saturated heterocycles. The van der Waals surface area contributed by atoms with Crippen LogP contribution in [0.25, 0.3) is 82.5 Å². The molecular weight excluding hydrogens is 705 g/mol. The maximum absolute atomic E-state index is 6.15. The van der Waals surface area contributed by atoms with Gasteiger partial charge in [-0.3, -0.25) is 0 Å². The lowest BCUT2D eigenvalue weighted by molar-refractivity contribution is 0.660. The van der Waals surface area contributed by atoms with Gasteiger partial charge in [-0.05, 0) is 112 Å². The van der Waals surface area contributed by atoms with Crippen LogP contribution in [0.5, 0.6) is 0 Å². The van der Waals surface area contributed by atoms with Crippen molar-refractivity contribution in [3.05, 3.63) is 205 Å². The minimum absolute atomic E-state index is 0.122. The summed E-state index contributed by atoms with van der Waals surface area (Å²) in [5.41, 5.74) is 16.3. The standard InChI is InChI=1S/C55H38N2O/c1-55(2)48-18-8-5-15-42(48)43-29-27-40(34-49(43)55)56(38-25-22-35(23-26-38)37-24-31-54-47(32-37)45-17-7-10-21-53(45)58-54)39-28-30-52-46(33-39)44-16-6-9-19-51(44)57(52)50-20-11-13-36-12-3-4-14-41(36)50/h3-34H,1-2H3. The number of nitrogens with zero attached hydrogens (tertiary/aromatic N) is 2. The molecule has 0 bridgehead atoms. The van der Waals surface area contributed by atoms with E-state index in [9.17, 15) is 0 Å². The molecule has 0 unspecified atom stereocenters. The van der Waals surface area contributed by atoms with Crippen molar-refractivity contribution in [3.8, 4) is 27.9 Å². The Bertz CT molecular complexity index is 3430. The number of hydrogen-bond donors (Lipinski definition) is 0. The van der Waals surface area contributed by atoms with Gasteiger partial charge >= 0.3 is 0 Å². The van der Waals surface area contributed by atoms with E-state index in [1.54, 1.807) is 0 Å². The van der Waals surface area contributed by atoms with Crippen LogP contribution in [-0.4, -0.2) is 4.57 Å². The molecule has 58 heavy (non-hydrogen) atoms. The third kappa shape index (κ3) is 4.80. The van der Waals surface area contributed by atoms with Crippen LogP contribution in [0.1, 0.15) is 25.0 Å². The fourth-order valence-corrected chi connectivity index (χ4v) is 9.75. The zero-order valence-corrected chi connectivity index (χ0v) is 32.3. The summed E-state index contributed by atoms with van der Waals surface area (Å²) in [6, 6.07) is 70.8. The van der Waals surface area contributed by atoms with Gasteiger partial charge < -0.3 is 13.9 Å². The van der Waals surface area contributed by atoms with Crippen LogP contribution >= 0.6 is 0 Å². The molecule has 9 aromatic carbocycles. The Balaban J connectivity index is 1.04. The van der Waals surface area contributed by atoms with Gasteiger partial charge in [0.2, 0.25) is 0 Å². The fraction of sp³-hybridized carbons (Fsp3) is 0.0545. The highest BCUT2D eigenvalue weighted by atomic mass is 16.3. The van der Waals surface area contributed by atoms with Gasteiger partial charge in [-0.2, -0.15) is 0 Å². The Morgan fingerprint density at radius 1 is 0.414 bits per heavy atom. The number of rotatable bonds is 5. The van der Waals surface area contributed by atoms with Crippen LogP contribution in [0.2, 0.25) is 0 Å². The van der Waals surface area contributed by atoms with E-state index in [0.29, 0.717) is 0 Å². The van der Waals surface area contributed by atoms with Gasteiger partial charge in [-0.25, -0.2) is 0 Å². The molecule has 0 radical (unpaired) electrons. The van der Waals surface area contributed by atoms with Crippen molar-refractivity contribution in [3.63, 3.8) is 0 Å². The number of benzene rings is 9. The Morgan fingerprint density at radius 2 is 1.05 bits per heavy atom. The lowest BCUT2D eigenvalue weighted by atomic mass is 9.82. The molecule has 3 heteroatoms. The molecule has 1 aliphatic carbocycles. The molecule has 0 atom stereocenters. The molecule has 2 heterocycles. The van der Waals surface area contributed by atoms with E-state index in [1.165, 1.54) is 60.5 Å². The van der Waals surface area contributed by atoms with Crippen molar-refractivity contribution in [1.82, 2.24) is 4.57 Å². The largest absolute Gasteiger partial charge is 0.456 e. The van der Waals surface area contributed by atoms with E-state index < -0.39 is 0 Å². The molecule has 0 fully saturated rings. The topological polar surface area (TPSA) is 21.3 Å². The van der Waals surface area contributed by atoms with Crippen molar-refractivity contribution in [2.24, 2.45) is 0 Å². The third-order valence-electron chi connectivity index (χ3n) is 12.6. The van der Waals surface area contributed by atoms with Gasteiger partial charge in [0.05, 0.1) is 16.7 Å². The smallest absolute Gasteiger partial charge is 0.135 e. The highest BCUT2D eigenvalue weighted by Crippen LogP contribution is 2.51. The second-order valence-electron chi connectivity index (χ2n) is 16.1. The second kappa shape index (κ2) is 12.3. The zero-order valence-electron chi connectivity index (χ0n) is 32.3. The molecule has 2 aromatic heterocycles. The van der Waals surface area contributed by atoms with Crippen LogP contribution < -0.4 is 4.90 Å². The van der Waals surface area contributed by atoms with Crippen molar-refractivity contribution in [2.45, 2.75) is 19.3 Å². The maximum atomic E-state index is 6.15. The normalized spacial score (nSPS) is 13.1. The molecular formula is C55H38N2O. The lowest BCUT2D eigenvalue weighted by Gasteiger charge is -2.28. The summed E-state index contributed by atoms with van der Waals surface area (Å²) in [6.45, 7) is 4.71. The second-order valence-corrected chi connectivity index (χ2v) is 16.1. The Morgan fingerprint density at radius 3 is 1.95 bits per heavy atom. The third-order valence-corrected chi connectivity index (χ3v) is 12.6. The van der Waals surface area contributed by atoms with E-state index in [-0.39, 0.29) is 5.41 Å². The van der Waals surface area contributed by atoms with Gasteiger partial charge in [0, 0.05) is 49.4 Å². The van der Waals surface area contributed by atoms with E-state index in [4.69, 9.17) is 4.42 Å². The number of anilines is 3. The van der Waals surface area contributed by atoms with Gasteiger partial charge in [0.15, 0.2) is 0 Å². The monoisotopic (exact) mass is 742 g/mol. The van der Waals surface area contributed by atoms with E-state index in [0.717, 1.165) is 50.1 Å². The Kier molecular flexibility index (Phi) is 6.98. The summed E-state index contributed by atoms with van der Waals surface area (Å²) in [5.74, 6) is 0. The number of para-hydroxylation sites is 2. The molecule has 274 valence electrons. The van der Waals surface area contributed by atoms with Crippen molar-refractivity contribution < 1.29 is 4.42 Å². The number of furan rings is 1. The van der Waals surface area contributed by atoms with Gasteiger partial charge in [-0.1, -0.05) is 135 Å². The lowest BCUT2D eigenvalue weighted by Crippen LogP contribution is -2.16. The fourth-order valence-electron chi connectivity index (χ4n) is 9.75. The SMILES string of the molecule is CC1(C)c2ccccc2-c2ccc(N(c3ccc(-c4ccc5oc6ccccc6c5c4)cc3)c3ccc4c(c3)c3ccccc3n4-c3cccc4ccccc34)cc21. The molecule has 1 aliphatic rings. The quantitative estimate of drug-likeness (QED) is 0.175. The van der Waals surface area contributed by atoms with E-state index in [1.807, 2.05) is 12.1 Å². The van der Waals surface area contributed by atoms with Crippen molar-refractivity contribution in [2.75, 3.05) is 4.90 Å². The Hall–Kier alpha value is -7.36. The summed E-state index contributed by atoms with van der Waals surface area (Å²) in [7, 11) is 0. The van der Waals surface area contributed by atoms with E-state index >= 15 is 0 Å². The number of hydrogen-bond acceptors (Lipinski definition) is 2. The highest BCUT2D eigenvalue weighted by molar-refractivity contribution is 6.12. The maximum Gasteiger partial charge on any atom is 0.135 e. The zero-order chi connectivity index (χ0) is 38.5. The summed E-state index contributed by atoms with van der Waals surface area (Å²) in [4.78, 5) is 2.43. The van der Waals surface area contributed by atoms with Gasteiger partial charge in [0.1, 0.15) is 11.2 Å². The summed E-state index contributed by atoms with van der Waals surface area (Å²) < 4.78 is 8.59. The average Bonchev–Trinajstić information content (AvgIpc) is 3.89. The van der Waals surface area contributed by atoms with Crippen LogP contribution in [0.3, 0.4) is 0 Å². The van der Waals surface area contributed by atoms with Crippen LogP contribution in [0.15, 0.2) is 199 Å². The first-order chi connectivity index (χ1) is 28.5. The molecule has 0 saturated carbocycles. The molecule has 0 N–H and O–H groups in total. The molecule has 0 amide bonds. The predicted molar refractivity (Wildman–Crippen MR) is 243 cm³/mol.